The Labute approximate surface area is 172 Å². The number of nitrogens with two attached hydrogens (primary N) is 1. The van der Waals surface area contributed by atoms with E-state index >= 15 is 0 Å². The number of ether oxygens (including phenoxy) is 1. The molecule has 0 spiro atoms. The van der Waals surface area contributed by atoms with Crippen LogP contribution in [0, 0.1) is 0 Å². The maximum absolute atomic E-state index is 13.0. The van der Waals surface area contributed by atoms with Gasteiger partial charge in [-0.05, 0) is 60.2 Å². The molecule has 2 aromatic heterocycles. The van der Waals surface area contributed by atoms with Crippen molar-refractivity contribution in [1.82, 2.24) is 14.2 Å². The van der Waals surface area contributed by atoms with Gasteiger partial charge in [0.1, 0.15) is 5.65 Å². The smallest absolute Gasteiger partial charge is 0.261 e. The fraction of sp³-hybridized carbons (Fsp3) is 0.273. The molecule has 2 N–H and O–H groups in total. The Morgan fingerprint density at radius 1 is 1.10 bits per heavy atom. The van der Waals surface area contributed by atoms with Crippen molar-refractivity contribution in [1.29, 1.82) is 0 Å². The number of hydrogen-bond donors (Lipinski definition) is 1. The predicted molar refractivity (Wildman–Crippen MR) is 116 cm³/mol. The van der Waals surface area contributed by atoms with E-state index in [4.69, 9.17) is 15.0 Å². The lowest BCUT2D eigenvalue weighted by Crippen LogP contribution is -2.19. The molecule has 1 aliphatic heterocycles. The number of nitrogens with zero attached hydrogens (tertiary/aromatic N) is 3. The van der Waals surface area contributed by atoms with Crippen molar-refractivity contribution in [2.45, 2.75) is 23.7 Å². The molecule has 3 heterocycles. The van der Waals surface area contributed by atoms with Crippen LogP contribution < -0.4 is 10.7 Å². The molecule has 1 saturated heterocycles. The van der Waals surface area contributed by atoms with E-state index < -0.39 is 0 Å². The standard InChI is InChI=1S/C22H22N4O2S/c1-25-21-13-19(14-7-9-28-10-8-14)24-26(21)20-12-16(5-6-18(20)22(25)27)15-3-2-4-17(11-15)29-23/h2-6,11-14H,7-10,23H2,1H3. The van der Waals surface area contributed by atoms with Gasteiger partial charge in [0.25, 0.3) is 5.56 Å². The van der Waals surface area contributed by atoms with Gasteiger partial charge in [-0.1, -0.05) is 18.2 Å². The van der Waals surface area contributed by atoms with Crippen LogP contribution in [0.25, 0.3) is 27.7 Å². The maximum Gasteiger partial charge on any atom is 0.261 e. The zero-order valence-corrected chi connectivity index (χ0v) is 17.0. The summed E-state index contributed by atoms with van der Waals surface area (Å²) in [4.78, 5) is 14.0. The Bertz CT molecular complexity index is 1270. The summed E-state index contributed by atoms with van der Waals surface area (Å²) in [6.07, 6.45) is 1.93. The largest absolute Gasteiger partial charge is 0.381 e. The van der Waals surface area contributed by atoms with Crippen LogP contribution in [0.2, 0.25) is 0 Å². The first-order valence-electron chi connectivity index (χ1n) is 9.73. The first-order chi connectivity index (χ1) is 14.2. The van der Waals surface area contributed by atoms with Crippen molar-refractivity contribution in [3.63, 3.8) is 0 Å². The lowest BCUT2D eigenvalue weighted by Gasteiger charge is -2.19. The number of aryl methyl sites for hydroxylation is 1. The van der Waals surface area contributed by atoms with Crippen LogP contribution in [0.1, 0.15) is 24.5 Å². The Morgan fingerprint density at radius 3 is 2.69 bits per heavy atom. The summed E-state index contributed by atoms with van der Waals surface area (Å²) in [5, 5.41) is 11.3. The highest BCUT2D eigenvalue weighted by molar-refractivity contribution is 7.97. The van der Waals surface area contributed by atoms with E-state index in [0.717, 1.165) is 58.9 Å². The molecule has 0 atom stereocenters. The number of rotatable bonds is 3. The van der Waals surface area contributed by atoms with E-state index in [1.165, 1.54) is 11.9 Å². The highest BCUT2D eigenvalue weighted by Gasteiger charge is 2.21. The average molecular weight is 407 g/mol. The fourth-order valence-corrected chi connectivity index (χ4v) is 4.45. The predicted octanol–water partition coefficient (Wildman–Crippen LogP) is 3.71. The lowest BCUT2D eigenvalue weighted by molar-refractivity contribution is 0.0844. The van der Waals surface area contributed by atoms with Gasteiger partial charge in [-0.2, -0.15) is 5.10 Å². The highest BCUT2D eigenvalue weighted by atomic mass is 32.2. The summed E-state index contributed by atoms with van der Waals surface area (Å²) in [7, 11) is 1.81. The minimum Gasteiger partial charge on any atom is -0.381 e. The molecule has 0 aliphatic carbocycles. The fourth-order valence-electron chi connectivity index (χ4n) is 4.10. The molecule has 1 fully saturated rings. The molecule has 0 radical (unpaired) electrons. The number of aromatic nitrogens is 3. The lowest BCUT2D eigenvalue weighted by atomic mass is 9.97. The Kier molecular flexibility index (Phi) is 4.66. The summed E-state index contributed by atoms with van der Waals surface area (Å²) >= 11 is 1.23. The van der Waals surface area contributed by atoms with E-state index in [1.54, 1.807) is 4.57 Å². The van der Waals surface area contributed by atoms with Crippen molar-refractivity contribution in [2.24, 2.45) is 12.2 Å². The molecule has 0 amide bonds. The van der Waals surface area contributed by atoms with Gasteiger partial charge in [0.2, 0.25) is 0 Å². The maximum atomic E-state index is 13.0. The highest BCUT2D eigenvalue weighted by Crippen LogP contribution is 2.29. The monoisotopic (exact) mass is 406 g/mol. The van der Waals surface area contributed by atoms with Crippen molar-refractivity contribution in [2.75, 3.05) is 13.2 Å². The van der Waals surface area contributed by atoms with Gasteiger partial charge in [-0.15, -0.1) is 0 Å². The normalized spacial score (nSPS) is 15.4. The van der Waals surface area contributed by atoms with Crippen molar-refractivity contribution >= 4 is 28.5 Å². The van der Waals surface area contributed by atoms with E-state index in [-0.39, 0.29) is 5.56 Å². The summed E-state index contributed by atoms with van der Waals surface area (Å²) in [6, 6.07) is 16.1. The first kappa shape index (κ1) is 18.4. The minimum absolute atomic E-state index is 0.0104. The Hall–Kier alpha value is -2.61. The van der Waals surface area contributed by atoms with E-state index in [9.17, 15) is 4.79 Å². The molecular formula is C22H22N4O2S. The number of benzene rings is 2. The molecule has 6 nitrogen and oxygen atoms in total. The third kappa shape index (κ3) is 3.15. The third-order valence-electron chi connectivity index (χ3n) is 5.76. The molecular weight excluding hydrogens is 384 g/mol. The topological polar surface area (TPSA) is 74.5 Å². The molecule has 2 aromatic carbocycles. The molecule has 1 aliphatic rings. The Morgan fingerprint density at radius 2 is 1.90 bits per heavy atom. The van der Waals surface area contributed by atoms with Gasteiger partial charge in [0.05, 0.1) is 16.6 Å². The van der Waals surface area contributed by atoms with Crippen LogP contribution in [-0.4, -0.2) is 27.4 Å². The van der Waals surface area contributed by atoms with Crippen LogP contribution in [0.15, 0.2) is 58.2 Å². The molecule has 7 heteroatoms. The molecule has 148 valence electrons. The van der Waals surface area contributed by atoms with E-state index in [1.807, 2.05) is 41.9 Å². The number of fused-ring (bicyclic) bond motifs is 3. The third-order valence-corrected chi connectivity index (χ3v) is 6.28. The SMILES string of the molecule is Cn1c(=O)c2ccc(-c3cccc(SN)c3)cc2n2nc(C3CCOCC3)cc12. The molecule has 29 heavy (non-hydrogen) atoms. The molecule has 0 bridgehead atoms. The second-order valence-electron chi connectivity index (χ2n) is 7.47. The van der Waals surface area contributed by atoms with Crippen LogP contribution in [0.5, 0.6) is 0 Å². The summed E-state index contributed by atoms with van der Waals surface area (Å²) in [5.74, 6) is 0.371. The molecule has 0 unspecified atom stereocenters. The first-order valence-corrected chi connectivity index (χ1v) is 10.6. The summed E-state index contributed by atoms with van der Waals surface area (Å²) in [6.45, 7) is 1.52. The summed E-state index contributed by atoms with van der Waals surface area (Å²) in [5.41, 5.74) is 4.75. The van der Waals surface area contributed by atoms with Crippen molar-refractivity contribution < 1.29 is 4.74 Å². The van der Waals surface area contributed by atoms with E-state index in [0.29, 0.717) is 11.3 Å². The summed E-state index contributed by atoms with van der Waals surface area (Å²) < 4.78 is 9.08. The van der Waals surface area contributed by atoms with Gasteiger partial charge >= 0.3 is 0 Å². The van der Waals surface area contributed by atoms with Gasteiger partial charge in [-0.3, -0.25) is 14.5 Å². The van der Waals surface area contributed by atoms with Crippen LogP contribution in [0.4, 0.5) is 0 Å². The minimum atomic E-state index is -0.0104. The number of hydrogen-bond acceptors (Lipinski definition) is 5. The van der Waals surface area contributed by atoms with E-state index in [2.05, 4.69) is 18.2 Å². The second-order valence-corrected chi connectivity index (χ2v) is 8.17. The molecule has 4 aromatic rings. The van der Waals surface area contributed by atoms with Gasteiger partial charge in [0.15, 0.2) is 0 Å². The quantitative estimate of drug-likeness (QED) is 0.525. The van der Waals surface area contributed by atoms with Crippen LogP contribution >= 0.6 is 11.9 Å². The molecule has 0 saturated carbocycles. The Balaban J connectivity index is 1.72. The zero-order valence-electron chi connectivity index (χ0n) is 16.2. The van der Waals surface area contributed by atoms with Crippen molar-refractivity contribution in [3.05, 3.63) is 64.6 Å². The van der Waals surface area contributed by atoms with Gasteiger partial charge in [-0.25, -0.2) is 4.52 Å². The van der Waals surface area contributed by atoms with Crippen LogP contribution in [-0.2, 0) is 11.8 Å². The average Bonchev–Trinajstić information content (AvgIpc) is 3.24. The molecule has 5 rings (SSSR count). The van der Waals surface area contributed by atoms with Gasteiger partial charge < -0.3 is 4.74 Å². The second kappa shape index (κ2) is 7.33. The van der Waals surface area contributed by atoms with Crippen molar-refractivity contribution in [3.8, 4) is 11.1 Å². The van der Waals surface area contributed by atoms with Crippen LogP contribution in [0.3, 0.4) is 0 Å². The van der Waals surface area contributed by atoms with Gasteiger partial charge in [0, 0.05) is 37.1 Å². The zero-order chi connectivity index (χ0) is 20.0.